The molecule has 98 valence electrons. The van der Waals surface area contributed by atoms with Crippen LogP contribution in [-0.4, -0.2) is 27.7 Å². The molecule has 1 aromatic rings. The highest BCUT2D eigenvalue weighted by molar-refractivity contribution is 5.93. The summed E-state index contributed by atoms with van der Waals surface area (Å²) in [5.41, 5.74) is 1.53. The molecular formula is C13H17NO4. The van der Waals surface area contributed by atoms with Crippen LogP contribution in [0.4, 0.5) is 0 Å². The quantitative estimate of drug-likeness (QED) is 0.833. The Kier molecular flexibility index (Phi) is 3.15. The molecule has 1 N–H and O–H groups in total. The Hall–Kier alpha value is -1.78. The minimum atomic E-state index is -0.981. The number of aromatic carboxylic acids is 1. The number of hydrogen-bond donors (Lipinski definition) is 1. The van der Waals surface area contributed by atoms with Gasteiger partial charge >= 0.3 is 11.9 Å². The van der Waals surface area contributed by atoms with Gasteiger partial charge in [0.05, 0.1) is 17.6 Å². The fourth-order valence-electron chi connectivity index (χ4n) is 2.50. The van der Waals surface area contributed by atoms with Crippen molar-refractivity contribution in [1.82, 2.24) is 4.57 Å². The first-order chi connectivity index (χ1) is 8.41. The van der Waals surface area contributed by atoms with Crippen LogP contribution in [0.15, 0.2) is 6.20 Å². The van der Waals surface area contributed by atoms with Crippen LogP contribution in [0.3, 0.4) is 0 Å². The number of carbonyl (C=O) groups excluding carboxylic acids is 1. The number of carboxylic acids is 1. The highest BCUT2D eigenvalue weighted by atomic mass is 16.5. The molecule has 2 heterocycles. The molecule has 0 saturated carbocycles. The molecule has 1 unspecified atom stereocenters. The molecule has 1 aromatic heterocycles. The molecule has 0 aliphatic carbocycles. The summed E-state index contributed by atoms with van der Waals surface area (Å²) < 4.78 is 7.04. The van der Waals surface area contributed by atoms with Crippen molar-refractivity contribution in [1.29, 1.82) is 0 Å². The van der Waals surface area contributed by atoms with Gasteiger partial charge in [-0.25, -0.2) is 4.79 Å². The summed E-state index contributed by atoms with van der Waals surface area (Å²) in [5, 5.41) is 9.23. The van der Waals surface area contributed by atoms with Gasteiger partial charge in [-0.1, -0.05) is 0 Å². The number of carboxylic acid groups (broad SMARTS) is 1. The van der Waals surface area contributed by atoms with Crippen molar-refractivity contribution in [3.05, 3.63) is 23.0 Å². The number of nitrogens with zero attached hydrogens (tertiary/aromatic N) is 1. The third kappa shape index (κ3) is 2.00. The molecule has 0 saturated heterocycles. The first kappa shape index (κ1) is 12.7. The molecule has 0 aromatic carbocycles. The third-order valence-electron chi connectivity index (χ3n) is 3.15. The van der Waals surface area contributed by atoms with E-state index in [0.29, 0.717) is 24.2 Å². The maximum atomic E-state index is 12.0. The summed E-state index contributed by atoms with van der Waals surface area (Å²) in [6.45, 7) is 5.99. The molecule has 18 heavy (non-hydrogen) atoms. The minimum absolute atomic E-state index is 0.184. The number of aromatic nitrogens is 1. The van der Waals surface area contributed by atoms with Gasteiger partial charge in [0.1, 0.15) is 0 Å². The van der Waals surface area contributed by atoms with E-state index >= 15 is 0 Å². The minimum Gasteiger partial charge on any atom is -0.478 e. The van der Waals surface area contributed by atoms with E-state index in [-0.39, 0.29) is 17.6 Å². The lowest BCUT2D eigenvalue weighted by Crippen LogP contribution is -2.19. The van der Waals surface area contributed by atoms with E-state index in [0.717, 1.165) is 0 Å². The Morgan fingerprint density at radius 2 is 2.17 bits per heavy atom. The number of fused-ring (bicyclic) bond motifs is 1. The van der Waals surface area contributed by atoms with Gasteiger partial charge in [-0.05, 0) is 32.8 Å². The third-order valence-corrected chi connectivity index (χ3v) is 3.15. The van der Waals surface area contributed by atoms with Crippen molar-refractivity contribution in [3.8, 4) is 0 Å². The fourth-order valence-corrected chi connectivity index (χ4v) is 2.50. The maximum Gasteiger partial charge on any atom is 0.337 e. The Balaban J connectivity index is 2.37. The molecule has 5 heteroatoms. The molecule has 1 aliphatic heterocycles. The highest BCUT2D eigenvalue weighted by Crippen LogP contribution is 2.35. The van der Waals surface area contributed by atoms with Gasteiger partial charge in [0.2, 0.25) is 0 Å². The largest absolute Gasteiger partial charge is 0.478 e. The molecule has 0 fully saturated rings. The summed E-state index contributed by atoms with van der Waals surface area (Å²) in [7, 11) is 0. The lowest BCUT2D eigenvalue weighted by atomic mass is 9.99. The Morgan fingerprint density at radius 3 is 2.72 bits per heavy atom. The van der Waals surface area contributed by atoms with Crippen LogP contribution in [0.1, 0.15) is 47.8 Å². The lowest BCUT2D eigenvalue weighted by molar-refractivity contribution is -0.149. The van der Waals surface area contributed by atoms with Crippen LogP contribution in [0.2, 0.25) is 0 Å². The van der Waals surface area contributed by atoms with E-state index in [2.05, 4.69) is 0 Å². The molecule has 0 radical (unpaired) electrons. The zero-order valence-electron chi connectivity index (χ0n) is 10.8. The van der Waals surface area contributed by atoms with Crippen LogP contribution in [-0.2, 0) is 16.1 Å². The maximum absolute atomic E-state index is 12.0. The van der Waals surface area contributed by atoms with Crippen molar-refractivity contribution in [2.45, 2.75) is 45.8 Å². The SMILES string of the molecule is Cc1cn2c(c1C(=O)O)C(C(=O)OC(C)C)CC2. The standard InChI is InChI=1S/C13H17NO4/c1-7(2)18-13(17)9-4-5-14-6-8(3)10(11(9)14)12(15)16/h6-7,9H,4-5H2,1-3H3,(H,15,16). The number of hydrogen-bond acceptors (Lipinski definition) is 3. The van der Waals surface area contributed by atoms with Gasteiger partial charge in [0.25, 0.3) is 0 Å². The Morgan fingerprint density at radius 1 is 1.50 bits per heavy atom. The normalized spacial score (nSPS) is 17.9. The van der Waals surface area contributed by atoms with E-state index in [9.17, 15) is 14.7 Å². The average Bonchev–Trinajstić information content (AvgIpc) is 2.72. The molecule has 1 aliphatic rings. The number of aryl methyl sites for hydroxylation is 2. The average molecular weight is 251 g/mol. The van der Waals surface area contributed by atoms with Crippen molar-refractivity contribution in [3.63, 3.8) is 0 Å². The zero-order chi connectivity index (χ0) is 13.4. The summed E-state index contributed by atoms with van der Waals surface area (Å²) in [6, 6.07) is 0. The number of esters is 1. The van der Waals surface area contributed by atoms with Crippen LogP contribution in [0.25, 0.3) is 0 Å². The molecule has 5 nitrogen and oxygen atoms in total. The fraction of sp³-hybridized carbons (Fsp3) is 0.538. The van der Waals surface area contributed by atoms with Gasteiger partial charge in [0, 0.05) is 18.4 Å². The van der Waals surface area contributed by atoms with Gasteiger partial charge < -0.3 is 14.4 Å². The lowest BCUT2D eigenvalue weighted by Gasteiger charge is -2.13. The monoisotopic (exact) mass is 251 g/mol. The van der Waals surface area contributed by atoms with Gasteiger partial charge in [-0.2, -0.15) is 0 Å². The van der Waals surface area contributed by atoms with Crippen molar-refractivity contribution >= 4 is 11.9 Å². The van der Waals surface area contributed by atoms with E-state index in [1.165, 1.54) is 0 Å². The van der Waals surface area contributed by atoms with Gasteiger partial charge in [0.15, 0.2) is 0 Å². The predicted molar refractivity (Wildman–Crippen MR) is 64.7 cm³/mol. The second-order valence-corrected chi connectivity index (χ2v) is 4.90. The summed E-state index contributed by atoms with van der Waals surface area (Å²) in [6.07, 6.45) is 2.22. The Labute approximate surface area is 105 Å². The van der Waals surface area contributed by atoms with Crippen molar-refractivity contribution < 1.29 is 19.4 Å². The van der Waals surface area contributed by atoms with E-state index < -0.39 is 11.9 Å². The molecule has 1 atom stereocenters. The molecule has 2 rings (SSSR count). The second kappa shape index (κ2) is 4.48. The number of ether oxygens (including phenoxy) is 1. The van der Waals surface area contributed by atoms with E-state index in [1.54, 1.807) is 27.0 Å². The van der Waals surface area contributed by atoms with Crippen LogP contribution < -0.4 is 0 Å². The topological polar surface area (TPSA) is 68.5 Å². The number of rotatable bonds is 3. The van der Waals surface area contributed by atoms with Crippen LogP contribution in [0, 0.1) is 6.92 Å². The molecular weight excluding hydrogens is 234 g/mol. The van der Waals surface area contributed by atoms with Crippen molar-refractivity contribution in [2.75, 3.05) is 0 Å². The highest BCUT2D eigenvalue weighted by Gasteiger charge is 2.36. The van der Waals surface area contributed by atoms with Gasteiger partial charge in [-0.3, -0.25) is 4.79 Å². The molecule has 0 bridgehead atoms. The smallest absolute Gasteiger partial charge is 0.337 e. The Bertz CT molecular complexity index is 501. The van der Waals surface area contributed by atoms with Crippen LogP contribution >= 0.6 is 0 Å². The summed E-state index contributed by atoms with van der Waals surface area (Å²) in [5.74, 6) is -1.76. The zero-order valence-corrected chi connectivity index (χ0v) is 10.8. The first-order valence-electron chi connectivity index (χ1n) is 6.05. The first-order valence-corrected chi connectivity index (χ1v) is 6.05. The molecule has 0 spiro atoms. The predicted octanol–water partition coefficient (Wildman–Crippen LogP) is 1.93. The number of carbonyl (C=O) groups is 2. The summed E-state index contributed by atoms with van der Waals surface area (Å²) >= 11 is 0. The van der Waals surface area contributed by atoms with E-state index in [1.807, 2.05) is 4.57 Å². The molecule has 0 amide bonds. The summed E-state index contributed by atoms with van der Waals surface area (Å²) in [4.78, 5) is 23.2. The van der Waals surface area contributed by atoms with Gasteiger partial charge in [-0.15, -0.1) is 0 Å². The van der Waals surface area contributed by atoms with Crippen LogP contribution in [0.5, 0.6) is 0 Å². The van der Waals surface area contributed by atoms with E-state index in [4.69, 9.17) is 4.74 Å². The van der Waals surface area contributed by atoms with Crippen molar-refractivity contribution in [2.24, 2.45) is 0 Å². The second-order valence-electron chi connectivity index (χ2n) is 4.90.